The Labute approximate surface area is 129 Å². The number of esters is 1. The molecule has 1 aliphatic rings. The number of benzene rings is 1. The summed E-state index contributed by atoms with van der Waals surface area (Å²) in [6.07, 6.45) is 4.67. The summed E-state index contributed by atoms with van der Waals surface area (Å²) < 4.78 is 10.2. The summed E-state index contributed by atoms with van der Waals surface area (Å²) in [5.41, 5.74) is 1.65. The van der Waals surface area contributed by atoms with Crippen molar-refractivity contribution in [2.45, 2.75) is 26.1 Å². The fourth-order valence-corrected chi connectivity index (χ4v) is 2.31. The average molecular weight is 304 g/mol. The lowest BCUT2D eigenvalue weighted by Gasteiger charge is -2.24. The van der Waals surface area contributed by atoms with Gasteiger partial charge >= 0.3 is 5.97 Å². The van der Waals surface area contributed by atoms with E-state index in [2.05, 4.69) is 0 Å². The molecule has 0 radical (unpaired) electrons. The van der Waals surface area contributed by atoms with E-state index < -0.39 is 6.29 Å². The standard InChI is InChI=1S/C17H20O5/c1-2-15-13(8-10-22-17(15)20)11-16(19)21-9-7-12-3-5-14(18)6-4-12/h2-6,8,10,13,17-18,20H,7,9,11H2,1H3/t13-,17?/m0/s1. The summed E-state index contributed by atoms with van der Waals surface area (Å²) in [7, 11) is 0. The molecule has 118 valence electrons. The number of phenolic OH excluding ortho intramolecular Hbond substituents is 1. The van der Waals surface area contributed by atoms with Gasteiger partial charge in [-0.05, 0) is 30.7 Å². The second-order valence-electron chi connectivity index (χ2n) is 5.05. The van der Waals surface area contributed by atoms with Gasteiger partial charge in [0.05, 0.1) is 19.3 Å². The van der Waals surface area contributed by atoms with E-state index in [1.54, 1.807) is 43.3 Å². The molecule has 0 amide bonds. The lowest BCUT2D eigenvalue weighted by Crippen LogP contribution is -2.24. The normalized spacial score (nSPS) is 22.4. The molecule has 5 nitrogen and oxygen atoms in total. The fraction of sp³-hybridized carbons (Fsp3) is 0.353. The zero-order valence-corrected chi connectivity index (χ0v) is 12.4. The smallest absolute Gasteiger partial charge is 0.306 e. The predicted octanol–water partition coefficient (Wildman–Crippen LogP) is 2.29. The van der Waals surface area contributed by atoms with E-state index in [4.69, 9.17) is 9.47 Å². The van der Waals surface area contributed by atoms with Crippen LogP contribution < -0.4 is 0 Å². The zero-order valence-electron chi connectivity index (χ0n) is 12.4. The molecule has 2 rings (SSSR count). The number of phenols is 1. The van der Waals surface area contributed by atoms with Crippen molar-refractivity contribution in [1.82, 2.24) is 0 Å². The number of ether oxygens (including phenoxy) is 2. The Bertz CT molecular complexity index is 559. The third-order valence-electron chi connectivity index (χ3n) is 3.54. The molecule has 0 aliphatic carbocycles. The Balaban J connectivity index is 1.79. The fourth-order valence-electron chi connectivity index (χ4n) is 2.31. The minimum Gasteiger partial charge on any atom is -0.508 e. The number of allylic oxidation sites excluding steroid dienone is 2. The Morgan fingerprint density at radius 1 is 1.36 bits per heavy atom. The van der Waals surface area contributed by atoms with Crippen LogP contribution in [0.2, 0.25) is 0 Å². The van der Waals surface area contributed by atoms with E-state index in [0.717, 1.165) is 5.56 Å². The van der Waals surface area contributed by atoms with Crippen LogP contribution in [0.4, 0.5) is 0 Å². The number of aliphatic hydroxyl groups excluding tert-OH is 1. The van der Waals surface area contributed by atoms with Crippen molar-refractivity contribution in [3.05, 3.63) is 53.8 Å². The highest BCUT2D eigenvalue weighted by Crippen LogP contribution is 2.26. The van der Waals surface area contributed by atoms with Crippen LogP contribution >= 0.6 is 0 Å². The first kappa shape index (κ1) is 16.1. The van der Waals surface area contributed by atoms with Crippen LogP contribution in [0.15, 0.2) is 48.3 Å². The minimum absolute atomic E-state index is 0.173. The van der Waals surface area contributed by atoms with Gasteiger partial charge in [0.1, 0.15) is 5.75 Å². The van der Waals surface area contributed by atoms with Crippen LogP contribution in [0.25, 0.3) is 0 Å². The maximum Gasteiger partial charge on any atom is 0.306 e. The molecule has 1 aromatic carbocycles. The summed E-state index contributed by atoms with van der Waals surface area (Å²) in [6.45, 7) is 2.08. The molecule has 1 aliphatic heterocycles. The molecule has 2 atom stereocenters. The van der Waals surface area contributed by atoms with Crippen LogP contribution in [-0.2, 0) is 20.7 Å². The Hall–Kier alpha value is -2.27. The van der Waals surface area contributed by atoms with Crippen LogP contribution in [0.1, 0.15) is 18.9 Å². The van der Waals surface area contributed by atoms with Crippen LogP contribution in [0, 0.1) is 5.92 Å². The molecule has 0 spiro atoms. The largest absolute Gasteiger partial charge is 0.508 e. The van der Waals surface area contributed by atoms with Gasteiger partial charge in [0.25, 0.3) is 0 Å². The zero-order chi connectivity index (χ0) is 15.9. The van der Waals surface area contributed by atoms with Crippen molar-refractivity contribution in [3.63, 3.8) is 0 Å². The number of aromatic hydroxyl groups is 1. The van der Waals surface area contributed by atoms with Crippen molar-refractivity contribution in [1.29, 1.82) is 0 Å². The van der Waals surface area contributed by atoms with Crippen molar-refractivity contribution < 1.29 is 24.5 Å². The average Bonchev–Trinajstić information content (AvgIpc) is 2.49. The lowest BCUT2D eigenvalue weighted by molar-refractivity contribution is -0.144. The topological polar surface area (TPSA) is 76.0 Å². The van der Waals surface area contributed by atoms with Gasteiger partial charge < -0.3 is 19.7 Å². The van der Waals surface area contributed by atoms with Crippen molar-refractivity contribution >= 4 is 5.97 Å². The van der Waals surface area contributed by atoms with Gasteiger partial charge in [-0.25, -0.2) is 0 Å². The molecule has 5 heteroatoms. The molecule has 22 heavy (non-hydrogen) atoms. The third kappa shape index (κ3) is 4.36. The molecule has 0 aromatic heterocycles. The predicted molar refractivity (Wildman–Crippen MR) is 80.9 cm³/mol. The van der Waals surface area contributed by atoms with E-state index >= 15 is 0 Å². The molecular weight excluding hydrogens is 284 g/mol. The highest BCUT2D eigenvalue weighted by molar-refractivity contribution is 5.70. The van der Waals surface area contributed by atoms with E-state index in [0.29, 0.717) is 12.0 Å². The number of rotatable bonds is 5. The molecule has 0 fully saturated rings. The van der Waals surface area contributed by atoms with Gasteiger partial charge in [-0.2, -0.15) is 0 Å². The number of hydrogen-bond donors (Lipinski definition) is 2. The minimum atomic E-state index is -0.996. The Kier molecular flexibility index (Phi) is 5.61. The molecule has 0 saturated heterocycles. The van der Waals surface area contributed by atoms with Gasteiger partial charge in [-0.1, -0.05) is 18.2 Å². The molecule has 2 N–H and O–H groups in total. The number of hydrogen-bond acceptors (Lipinski definition) is 5. The maximum absolute atomic E-state index is 11.9. The van der Waals surface area contributed by atoms with Crippen LogP contribution in [-0.4, -0.2) is 29.1 Å². The van der Waals surface area contributed by atoms with Gasteiger partial charge in [0.15, 0.2) is 0 Å². The first-order chi connectivity index (χ1) is 10.6. The van der Waals surface area contributed by atoms with Gasteiger partial charge in [0.2, 0.25) is 6.29 Å². The Morgan fingerprint density at radius 3 is 2.77 bits per heavy atom. The second kappa shape index (κ2) is 7.66. The maximum atomic E-state index is 11.9. The van der Waals surface area contributed by atoms with Gasteiger partial charge in [-0.15, -0.1) is 0 Å². The molecule has 0 saturated carbocycles. The number of carbonyl (C=O) groups is 1. The Morgan fingerprint density at radius 2 is 2.09 bits per heavy atom. The monoisotopic (exact) mass is 304 g/mol. The number of carbonyl (C=O) groups excluding carboxylic acids is 1. The molecule has 1 aromatic rings. The van der Waals surface area contributed by atoms with Crippen molar-refractivity contribution in [2.24, 2.45) is 5.92 Å². The first-order valence-corrected chi connectivity index (χ1v) is 7.20. The summed E-state index contributed by atoms with van der Waals surface area (Å²) in [4.78, 5) is 11.9. The summed E-state index contributed by atoms with van der Waals surface area (Å²) in [6, 6.07) is 6.78. The summed E-state index contributed by atoms with van der Waals surface area (Å²) in [5, 5.41) is 18.9. The molecular formula is C17H20O5. The van der Waals surface area contributed by atoms with Gasteiger partial charge in [-0.3, -0.25) is 4.79 Å². The second-order valence-corrected chi connectivity index (χ2v) is 5.05. The highest BCUT2D eigenvalue weighted by atomic mass is 16.6. The quantitative estimate of drug-likeness (QED) is 0.645. The molecule has 1 unspecified atom stereocenters. The molecule has 1 heterocycles. The summed E-state index contributed by atoms with van der Waals surface area (Å²) in [5.74, 6) is -0.304. The van der Waals surface area contributed by atoms with E-state index in [1.807, 2.05) is 0 Å². The van der Waals surface area contributed by atoms with E-state index in [9.17, 15) is 15.0 Å². The van der Waals surface area contributed by atoms with Gasteiger partial charge in [0, 0.05) is 17.9 Å². The SMILES string of the molecule is CC=C1C(O)OC=C[C@H]1CC(=O)OCCc1ccc(O)cc1. The van der Waals surface area contributed by atoms with E-state index in [1.165, 1.54) is 6.26 Å². The molecule has 0 bridgehead atoms. The lowest BCUT2D eigenvalue weighted by atomic mass is 9.93. The van der Waals surface area contributed by atoms with E-state index in [-0.39, 0.29) is 30.7 Å². The van der Waals surface area contributed by atoms with Crippen molar-refractivity contribution in [3.8, 4) is 5.75 Å². The van der Waals surface area contributed by atoms with Crippen LogP contribution in [0.5, 0.6) is 5.75 Å². The van der Waals surface area contributed by atoms with Crippen molar-refractivity contribution in [2.75, 3.05) is 6.61 Å². The first-order valence-electron chi connectivity index (χ1n) is 7.20. The van der Waals surface area contributed by atoms with Crippen LogP contribution in [0.3, 0.4) is 0 Å². The highest BCUT2D eigenvalue weighted by Gasteiger charge is 2.25. The number of aliphatic hydroxyl groups is 1. The third-order valence-corrected chi connectivity index (χ3v) is 3.54. The summed E-state index contributed by atoms with van der Waals surface area (Å²) >= 11 is 0.